The van der Waals surface area contributed by atoms with Gasteiger partial charge in [-0.2, -0.15) is 4.31 Å². The van der Waals surface area contributed by atoms with Gasteiger partial charge in [0, 0.05) is 37.7 Å². The highest BCUT2D eigenvalue weighted by atomic mass is 35.5. The quantitative estimate of drug-likeness (QED) is 0.478. The predicted molar refractivity (Wildman–Crippen MR) is 103 cm³/mol. The molecular weight excluding hydrogens is 447 g/mol. The van der Waals surface area contributed by atoms with Gasteiger partial charge in [-0.25, -0.2) is 13.4 Å². The number of benzene rings is 1. The van der Waals surface area contributed by atoms with Gasteiger partial charge < -0.3 is 9.57 Å². The van der Waals surface area contributed by atoms with Crippen LogP contribution < -0.4 is 4.74 Å². The van der Waals surface area contributed by atoms with Crippen LogP contribution in [0.2, 0.25) is 5.15 Å². The van der Waals surface area contributed by atoms with Crippen LogP contribution in [0, 0.1) is 0 Å². The molecule has 1 aliphatic heterocycles. The van der Waals surface area contributed by atoms with E-state index < -0.39 is 22.1 Å². The van der Waals surface area contributed by atoms with Crippen molar-refractivity contribution < 1.29 is 31.2 Å². The van der Waals surface area contributed by atoms with E-state index in [0.29, 0.717) is 18.0 Å². The van der Waals surface area contributed by atoms with Crippen molar-refractivity contribution in [2.24, 2.45) is 5.16 Å². The molecule has 2 heterocycles. The van der Waals surface area contributed by atoms with Gasteiger partial charge in [0.2, 0.25) is 10.0 Å². The van der Waals surface area contributed by atoms with Gasteiger partial charge in [0.05, 0.1) is 10.6 Å². The maximum absolute atomic E-state index is 12.7. The first-order valence-electron chi connectivity index (χ1n) is 8.77. The van der Waals surface area contributed by atoms with Crippen molar-refractivity contribution in [3.05, 3.63) is 53.3 Å². The van der Waals surface area contributed by atoms with Gasteiger partial charge in [-0.15, -0.1) is 13.2 Å². The summed E-state index contributed by atoms with van der Waals surface area (Å²) in [7, 11) is -3.83. The fourth-order valence-corrected chi connectivity index (χ4v) is 4.28. The maximum atomic E-state index is 12.7. The first-order chi connectivity index (χ1) is 14.1. The zero-order valence-corrected chi connectivity index (χ0v) is 17.0. The molecule has 0 atom stereocenters. The summed E-state index contributed by atoms with van der Waals surface area (Å²) >= 11 is 5.71. The van der Waals surface area contributed by atoms with E-state index in [2.05, 4.69) is 14.9 Å². The number of oxime groups is 1. The lowest BCUT2D eigenvalue weighted by molar-refractivity contribution is -0.274. The number of ether oxygens (including phenoxy) is 1. The molecule has 0 radical (unpaired) electrons. The van der Waals surface area contributed by atoms with E-state index in [0.717, 1.165) is 35.5 Å². The summed E-state index contributed by atoms with van der Waals surface area (Å²) in [6, 6.07) is 7.51. The highest BCUT2D eigenvalue weighted by Gasteiger charge is 2.32. The Labute approximate surface area is 176 Å². The van der Waals surface area contributed by atoms with Crippen molar-refractivity contribution in [2.45, 2.75) is 30.7 Å². The Bertz CT molecular complexity index is 987. The van der Waals surface area contributed by atoms with Crippen LogP contribution in [0.5, 0.6) is 5.75 Å². The van der Waals surface area contributed by atoms with E-state index in [9.17, 15) is 21.6 Å². The lowest BCUT2D eigenvalue weighted by Crippen LogP contribution is -2.38. The van der Waals surface area contributed by atoms with Crippen LogP contribution in [0.4, 0.5) is 13.2 Å². The van der Waals surface area contributed by atoms with Crippen LogP contribution in [0.15, 0.2) is 52.6 Å². The zero-order chi connectivity index (χ0) is 21.8. The zero-order valence-electron chi connectivity index (χ0n) is 15.5. The smallest absolute Gasteiger partial charge is 0.406 e. The molecule has 0 bridgehead atoms. The van der Waals surface area contributed by atoms with Crippen molar-refractivity contribution in [1.82, 2.24) is 9.29 Å². The van der Waals surface area contributed by atoms with Gasteiger partial charge in [0.15, 0.2) is 0 Å². The third-order valence-corrected chi connectivity index (χ3v) is 6.34. The summed E-state index contributed by atoms with van der Waals surface area (Å²) in [6.07, 6.45) is -2.50. The summed E-state index contributed by atoms with van der Waals surface area (Å²) in [5.41, 5.74) is 1.51. The van der Waals surface area contributed by atoms with Crippen molar-refractivity contribution in [2.75, 3.05) is 13.1 Å². The van der Waals surface area contributed by atoms with E-state index in [4.69, 9.17) is 16.4 Å². The lowest BCUT2D eigenvalue weighted by Gasteiger charge is -2.26. The Hall–Kier alpha value is -2.37. The molecular formula is C18H17ClF3N3O4S. The minimum atomic E-state index is -4.84. The Morgan fingerprint density at radius 1 is 1.10 bits per heavy atom. The summed E-state index contributed by atoms with van der Waals surface area (Å²) < 4.78 is 67.1. The topological polar surface area (TPSA) is 81.1 Å². The van der Waals surface area contributed by atoms with Gasteiger partial charge in [-0.05, 0) is 30.3 Å². The Balaban J connectivity index is 1.54. The SMILES string of the molecule is O=S(=O)(c1ccc(OC(F)(F)F)cc1)N1CCC(=NOCc2ccc(Cl)nc2)CC1. The van der Waals surface area contributed by atoms with Crippen LogP contribution in [0.25, 0.3) is 0 Å². The molecule has 0 amide bonds. The third-order valence-electron chi connectivity index (χ3n) is 4.21. The molecule has 0 N–H and O–H groups in total. The molecule has 162 valence electrons. The maximum Gasteiger partial charge on any atom is 0.573 e. The molecule has 1 aromatic carbocycles. The monoisotopic (exact) mass is 463 g/mol. The molecule has 1 saturated heterocycles. The molecule has 2 aromatic rings. The van der Waals surface area contributed by atoms with Crippen molar-refractivity contribution >= 4 is 27.3 Å². The molecule has 3 rings (SSSR count). The standard InChI is InChI=1S/C18H17ClF3N3O4S/c19-17-6-1-13(11-23-17)12-28-24-14-7-9-25(10-8-14)30(26,27)16-4-2-15(3-5-16)29-18(20,21)22/h1-6,11H,7-10,12H2. The number of halogens is 4. The highest BCUT2D eigenvalue weighted by molar-refractivity contribution is 7.89. The first-order valence-corrected chi connectivity index (χ1v) is 10.6. The second-order valence-corrected chi connectivity index (χ2v) is 8.67. The average molecular weight is 464 g/mol. The first kappa shape index (κ1) is 22.3. The number of hydrogen-bond acceptors (Lipinski definition) is 6. The van der Waals surface area contributed by atoms with Crippen LogP contribution in [-0.4, -0.2) is 42.9 Å². The number of pyridine rings is 1. The van der Waals surface area contributed by atoms with E-state index in [1.807, 2.05) is 0 Å². The number of sulfonamides is 1. The highest BCUT2D eigenvalue weighted by Crippen LogP contribution is 2.26. The molecule has 0 saturated carbocycles. The Morgan fingerprint density at radius 3 is 2.33 bits per heavy atom. The van der Waals surface area contributed by atoms with Gasteiger partial charge in [0.25, 0.3) is 0 Å². The van der Waals surface area contributed by atoms with E-state index >= 15 is 0 Å². The minimum Gasteiger partial charge on any atom is -0.406 e. The third kappa shape index (κ3) is 6.07. The molecule has 1 aliphatic rings. The average Bonchev–Trinajstić information content (AvgIpc) is 2.69. The van der Waals surface area contributed by atoms with Gasteiger partial charge >= 0.3 is 6.36 Å². The van der Waals surface area contributed by atoms with Crippen molar-refractivity contribution in [1.29, 1.82) is 0 Å². The summed E-state index contributed by atoms with van der Waals surface area (Å²) in [5.74, 6) is -0.484. The van der Waals surface area contributed by atoms with E-state index in [-0.39, 0.29) is 24.6 Å². The molecule has 7 nitrogen and oxygen atoms in total. The molecule has 12 heteroatoms. The van der Waals surface area contributed by atoms with E-state index in [1.165, 1.54) is 4.31 Å². The normalized spacial score (nSPS) is 15.7. The Kier molecular flexibility index (Phi) is 6.84. The molecule has 1 fully saturated rings. The number of hydrogen-bond donors (Lipinski definition) is 0. The number of rotatable bonds is 6. The number of nitrogens with zero attached hydrogens (tertiary/aromatic N) is 3. The summed E-state index contributed by atoms with van der Waals surface area (Å²) in [6.45, 7) is 0.587. The van der Waals surface area contributed by atoms with Crippen LogP contribution in [-0.2, 0) is 21.5 Å². The van der Waals surface area contributed by atoms with Crippen molar-refractivity contribution in [3.63, 3.8) is 0 Å². The molecule has 0 aliphatic carbocycles. The second-order valence-electron chi connectivity index (χ2n) is 6.34. The van der Waals surface area contributed by atoms with Crippen LogP contribution >= 0.6 is 11.6 Å². The number of aromatic nitrogens is 1. The molecule has 0 unspecified atom stereocenters. The second kappa shape index (κ2) is 9.19. The fourth-order valence-electron chi connectivity index (χ4n) is 2.73. The van der Waals surface area contributed by atoms with Crippen LogP contribution in [0.1, 0.15) is 18.4 Å². The largest absolute Gasteiger partial charge is 0.573 e. The van der Waals surface area contributed by atoms with Gasteiger partial charge in [-0.3, -0.25) is 0 Å². The summed E-state index contributed by atoms with van der Waals surface area (Å²) in [5, 5.41) is 4.42. The van der Waals surface area contributed by atoms with Gasteiger partial charge in [0.1, 0.15) is 17.5 Å². The number of alkyl halides is 3. The summed E-state index contributed by atoms with van der Waals surface area (Å²) in [4.78, 5) is 9.11. The van der Waals surface area contributed by atoms with Crippen molar-refractivity contribution in [3.8, 4) is 5.75 Å². The lowest BCUT2D eigenvalue weighted by atomic mass is 10.1. The molecule has 30 heavy (non-hydrogen) atoms. The Morgan fingerprint density at radius 2 is 1.77 bits per heavy atom. The number of piperidine rings is 1. The van der Waals surface area contributed by atoms with Crippen LogP contribution in [0.3, 0.4) is 0 Å². The minimum absolute atomic E-state index is 0.107. The fraction of sp³-hybridized carbons (Fsp3) is 0.333. The molecule has 1 aromatic heterocycles. The van der Waals surface area contributed by atoms with Gasteiger partial charge in [-0.1, -0.05) is 22.8 Å². The molecule has 0 spiro atoms. The van der Waals surface area contributed by atoms with E-state index in [1.54, 1.807) is 18.3 Å². The predicted octanol–water partition coefficient (Wildman–Crippen LogP) is 3.99.